The Balaban J connectivity index is 1.60. The molecule has 0 fully saturated rings. The van der Waals surface area contributed by atoms with Gasteiger partial charge in [-0.1, -0.05) is 6.07 Å². The average Bonchev–Trinajstić information content (AvgIpc) is 3.24. The highest BCUT2D eigenvalue weighted by Gasteiger charge is 2.27. The summed E-state index contributed by atoms with van der Waals surface area (Å²) in [5.41, 5.74) is 1.56. The molecule has 1 amide bonds. The lowest BCUT2D eigenvalue weighted by atomic mass is 10.3. The highest BCUT2D eigenvalue weighted by molar-refractivity contribution is 5.92. The first-order valence-corrected chi connectivity index (χ1v) is 7.80. The number of aromatic amines is 1. The second kappa shape index (κ2) is 6.19. The predicted octanol–water partition coefficient (Wildman–Crippen LogP) is 1.71. The van der Waals surface area contributed by atoms with E-state index in [-0.39, 0.29) is 12.0 Å². The molecule has 0 radical (unpaired) electrons. The van der Waals surface area contributed by atoms with Crippen LogP contribution in [-0.2, 0) is 13.1 Å². The van der Waals surface area contributed by atoms with E-state index in [9.17, 15) is 4.79 Å². The molecule has 0 saturated heterocycles. The number of aromatic nitrogens is 4. The molecule has 0 aliphatic carbocycles. The van der Waals surface area contributed by atoms with Gasteiger partial charge in [-0.3, -0.25) is 9.89 Å². The van der Waals surface area contributed by atoms with Crippen molar-refractivity contribution in [3.05, 3.63) is 66.4 Å². The Labute approximate surface area is 138 Å². The Bertz CT molecular complexity index is 813. The quantitative estimate of drug-likeness (QED) is 0.796. The van der Waals surface area contributed by atoms with Gasteiger partial charge in [-0.05, 0) is 24.3 Å². The van der Waals surface area contributed by atoms with Crippen molar-refractivity contribution in [3.63, 3.8) is 0 Å². The van der Waals surface area contributed by atoms with E-state index in [4.69, 9.17) is 4.74 Å². The normalized spacial score (nSPS) is 17.2. The monoisotopic (exact) mass is 323 g/mol. The van der Waals surface area contributed by atoms with Crippen LogP contribution in [0, 0.1) is 0 Å². The minimum absolute atomic E-state index is 0.0863. The molecule has 7 nitrogen and oxygen atoms in total. The van der Waals surface area contributed by atoms with E-state index in [1.54, 1.807) is 23.4 Å². The highest BCUT2D eigenvalue weighted by Crippen LogP contribution is 2.18. The summed E-state index contributed by atoms with van der Waals surface area (Å²) in [7, 11) is 0. The molecular formula is C17H17N5O2. The number of carbonyl (C=O) groups excluding carboxylic acids is 1. The van der Waals surface area contributed by atoms with Crippen molar-refractivity contribution in [3.8, 4) is 5.88 Å². The van der Waals surface area contributed by atoms with Gasteiger partial charge in [-0.25, -0.2) is 4.98 Å². The molecule has 1 aliphatic heterocycles. The fourth-order valence-corrected chi connectivity index (χ4v) is 2.92. The number of amides is 1. The van der Waals surface area contributed by atoms with Crippen molar-refractivity contribution in [2.45, 2.75) is 19.2 Å². The van der Waals surface area contributed by atoms with E-state index in [0.717, 1.165) is 5.69 Å². The summed E-state index contributed by atoms with van der Waals surface area (Å²) in [5, 5.41) is 6.60. The lowest BCUT2D eigenvalue weighted by Crippen LogP contribution is -2.38. The van der Waals surface area contributed by atoms with E-state index in [2.05, 4.69) is 19.7 Å². The molecule has 1 atom stereocenters. The number of carbonyl (C=O) groups is 1. The summed E-state index contributed by atoms with van der Waals surface area (Å²) >= 11 is 0. The number of nitrogens with zero attached hydrogens (tertiary/aromatic N) is 4. The number of fused-ring (bicyclic) bond motifs is 1. The van der Waals surface area contributed by atoms with Crippen molar-refractivity contribution in [2.75, 3.05) is 6.54 Å². The molecule has 1 aliphatic rings. The van der Waals surface area contributed by atoms with Crippen LogP contribution in [0.4, 0.5) is 0 Å². The van der Waals surface area contributed by atoms with Gasteiger partial charge in [0.1, 0.15) is 11.8 Å². The smallest absolute Gasteiger partial charge is 0.272 e. The van der Waals surface area contributed by atoms with Crippen molar-refractivity contribution < 1.29 is 9.53 Å². The van der Waals surface area contributed by atoms with Crippen molar-refractivity contribution in [2.24, 2.45) is 0 Å². The molecule has 1 unspecified atom stereocenters. The average molecular weight is 323 g/mol. The Hall–Kier alpha value is -3.09. The molecule has 24 heavy (non-hydrogen) atoms. The number of hydrogen-bond donors (Lipinski definition) is 1. The summed E-state index contributed by atoms with van der Waals surface area (Å²) in [6.45, 7) is 1.69. The zero-order valence-electron chi connectivity index (χ0n) is 13.0. The molecule has 3 aromatic rings. The van der Waals surface area contributed by atoms with Crippen LogP contribution >= 0.6 is 0 Å². The molecule has 1 N–H and O–H groups in total. The van der Waals surface area contributed by atoms with Crippen LogP contribution in [0.1, 0.15) is 16.2 Å². The third-order valence-electron chi connectivity index (χ3n) is 4.04. The number of rotatable bonds is 3. The number of nitrogens with one attached hydrogen (secondary N) is 1. The van der Waals surface area contributed by atoms with E-state index >= 15 is 0 Å². The van der Waals surface area contributed by atoms with E-state index in [1.807, 2.05) is 36.5 Å². The Morgan fingerprint density at radius 3 is 2.92 bits per heavy atom. The predicted molar refractivity (Wildman–Crippen MR) is 86.4 cm³/mol. The number of H-pyrrole nitrogens is 1. The summed E-state index contributed by atoms with van der Waals surface area (Å²) in [6, 6.07) is 11.2. The van der Waals surface area contributed by atoms with Crippen LogP contribution in [0.15, 0.2) is 55.0 Å². The van der Waals surface area contributed by atoms with E-state index in [1.165, 1.54) is 0 Å². The Kier molecular flexibility index (Phi) is 3.74. The molecule has 0 saturated carbocycles. The van der Waals surface area contributed by atoms with Crippen molar-refractivity contribution in [1.29, 1.82) is 0 Å². The standard InChI is InChI=1S/C17H17N5O2/c23-17(15-6-8-19-20-15)22-10-13-4-3-9-21(13)11-14(12-22)24-16-5-1-2-7-18-16/h1-9,14H,10-12H2,(H,19,20). The SMILES string of the molecule is O=C(c1ccn[nH]1)N1Cc2cccn2CC(Oc2ccccn2)C1. The number of hydrogen-bond acceptors (Lipinski definition) is 4. The van der Waals surface area contributed by atoms with Crippen molar-refractivity contribution >= 4 is 5.91 Å². The maximum absolute atomic E-state index is 12.7. The molecule has 0 bridgehead atoms. The second-order valence-electron chi connectivity index (χ2n) is 5.72. The van der Waals surface area contributed by atoms with Gasteiger partial charge in [0.05, 0.1) is 19.6 Å². The topological polar surface area (TPSA) is 76.0 Å². The lowest BCUT2D eigenvalue weighted by molar-refractivity contribution is 0.0640. The van der Waals surface area contributed by atoms with Gasteiger partial charge in [0.25, 0.3) is 5.91 Å². The summed E-state index contributed by atoms with van der Waals surface area (Å²) < 4.78 is 8.13. The first-order valence-electron chi connectivity index (χ1n) is 7.80. The Morgan fingerprint density at radius 2 is 2.12 bits per heavy atom. The van der Waals surface area contributed by atoms with Gasteiger partial charge in [0.15, 0.2) is 0 Å². The maximum Gasteiger partial charge on any atom is 0.272 e. The van der Waals surface area contributed by atoms with Crippen LogP contribution in [-0.4, -0.2) is 43.2 Å². The van der Waals surface area contributed by atoms with Crippen LogP contribution in [0.3, 0.4) is 0 Å². The highest BCUT2D eigenvalue weighted by atomic mass is 16.5. The summed E-state index contributed by atoms with van der Waals surface area (Å²) in [6.07, 6.45) is 5.10. The summed E-state index contributed by atoms with van der Waals surface area (Å²) in [5.74, 6) is 0.476. The molecule has 3 aromatic heterocycles. The first kappa shape index (κ1) is 14.5. The van der Waals surface area contributed by atoms with Gasteiger partial charge in [-0.2, -0.15) is 5.10 Å². The Morgan fingerprint density at radius 1 is 1.17 bits per heavy atom. The van der Waals surface area contributed by atoms with E-state index in [0.29, 0.717) is 31.2 Å². The first-order chi connectivity index (χ1) is 11.8. The van der Waals surface area contributed by atoms with Gasteiger partial charge < -0.3 is 14.2 Å². The molecule has 4 heterocycles. The molecule has 122 valence electrons. The molecule has 4 rings (SSSR count). The summed E-state index contributed by atoms with van der Waals surface area (Å²) in [4.78, 5) is 18.7. The van der Waals surface area contributed by atoms with Crippen LogP contribution in [0.2, 0.25) is 0 Å². The van der Waals surface area contributed by atoms with Gasteiger partial charge in [0.2, 0.25) is 5.88 Å². The van der Waals surface area contributed by atoms with Crippen molar-refractivity contribution in [1.82, 2.24) is 24.6 Å². The van der Waals surface area contributed by atoms with Crippen LogP contribution in [0.25, 0.3) is 0 Å². The minimum atomic E-state index is -0.180. The largest absolute Gasteiger partial charge is 0.471 e. The van der Waals surface area contributed by atoms with Crippen LogP contribution < -0.4 is 4.74 Å². The molecule has 7 heteroatoms. The second-order valence-corrected chi connectivity index (χ2v) is 5.72. The van der Waals surface area contributed by atoms with E-state index < -0.39 is 0 Å². The zero-order valence-corrected chi connectivity index (χ0v) is 13.0. The number of ether oxygens (including phenoxy) is 1. The molecular weight excluding hydrogens is 306 g/mol. The van der Waals surface area contributed by atoms with Gasteiger partial charge >= 0.3 is 0 Å². The van der Waals surface area contributed by atoms with Crippen LogP contribution in [0.5, 0.6) is 5.88 Å². The number of pyridine rings is 1. The fourth-order valence-electron chi connectivity index (χ4n) is 2.92. The maximum atomic E-state index is 12.7. The third-order valence-corrected chi connectivity index (χ3v) is 4.04. The van der Waals surface area contributed by atoms with Gasteiger partial charge in [0, 0.05) is 30.4 Å². The zero-order chi connectivity index (χ0) is 16.4. The fraction of sp³-hybridized carbons (Fsp3) is 0.235. The minimum Gasteiger partial charge on any atom is -0.471 e. The molecule has 0 aromatic carbocycles. The van der Waals surface area contributed by atoms with Gasteiger partial charge in [-0.15, -0.1) is 0 Å². The lowest BCUT2D eigenvalue weighted by Gasteiger charge is -2.24. The third kappa shape index (κ3) is 2.88. The molecule has 0 spiro atoms.